The first-order valence-corrected chi connectivity index (χ1v) is 21.0. The largest absolute Gasteiger partial charge is 0.387 e. The number of carbonyl (C=O) groups excluding carboxylic acids is 4. The molecular formula is C45H57ClN6O6. The highest BCUT2D eigenvalue weighted by atomic mass is 35.5. The Balaban J connectivity index is 1.24. The molecule has 1 saturated heterocycles. The van der Waals surface area contributed by atoms with E-state index in [-0.39, 0.29) is 25.3 Å². The van der Waals surface area contributed by atoms with Gasteiger partial charge in [0.05, 0.1) is 36.1 Å². The second-order valence-electron chi connectivity index (χ2n) is 17.2. The quantitative estimate of drug-likeness (QED) is 0.103. The monoisotopic (exact) mass is 812 g/mol. The van der Waals surface area contributed by atoms with Crippen molar-refractivity contribution in [3.63, 3.8) is 0 Å². The number of carbonyl (C=O) groups is 4. The minimum atomic E-state index is -1.16. The number of Topliss-reactive ketones (excluding diaryl/α,β-unsaturated/α-hetero) is 1. The van der Waals surface area contributed by atoms with Gasteiger partial charge in [-0.3, -0.25) is 29.5 Å². The first kappa shape index (κ1) is 42.9. The van der Waals surface area contributed by atoms with Gasteiger partial charge in [-0.1, -0.05) is 132 Å². The maximum Gasteiger partial charge on any atom is 0.290 e. The zero-order valence-corrected chi connectivity index (χ0v) is 34.7. The molecule has 0 bridgehead atoms. The number of likely N-dealkylation sites (tertiary alicyclic amines) is 1. The van der Waals surface area contributed by atoms with E-state index >= 15 is 0 Å². The van der Waals surface area contributed by atoms with Gasteiger partial charge in [-0.25, -0.2) is 0 Å². The molecule has 1 saturated carbocycles. The standard InChI is InChI=1S/C45H57ClN6O6/c1-5-15-34(39(54)42(56)50-38(30-18-10-7-11-19-30)33-22-12-13-23-47-33)48-41(55)36-27-45(26-35(51-58-45)31-20-14-21-32(46)25-31)28-52(36)43(57)40(44(2,3)4)49-37(53)24-29-16-8-6-9-17-29/h7,10-14,18-23,25,29,34,36-38,40,49,53H,5-6,8-9,15-17,24,26-28H2,1-4H3,(H,48,55)(H,50,56)/t34-,36-,37?,38?,40+,45+/m0/s1. The van der Waals surface area contributed by atoms with Gasteiger partial charge in [0.1, 0.15) is 12.3 Å². The number of amides is 3. The first-order chi connectivity index (χ1) is 27.8. The number of halogens is 1. The van der Waals surface area contributed by atoms with Crippen LogP contribution in [-0.2, 0) is 24.0 Å². The summed E-state index contributed by atoms with van der Waals surface area (Å²) in [5, 5.41) is 25.2. The summed E-state index contributed by atoms with van der Waals surface area (Å²) in [4.78, 5) is 69.2. The maximum absolute atomic E-state index is 14.8. The van der Waals surface area contributed by atoms with Crippen LogP contribution < -0.4 is 16.0 Å². The highest BCUT2D eigenvalue weighted by Crippen LogP contribution is 2.40. The number of ketones is 1. The second kappa shape index (κ2) is 18.9. The minimum absolute atomic E-state index is 0.0418. The van der Waals surface area contributed by atoms with Crippen molar-refractivity contribution in [1.82, 2.24) is 25.8 Å². The van der Waals surface area contributed by atoms with E-state index in [1.54, 1.807) is 30.5 Å². The van der Waals surface area contributed by atoms with Gasteiger partial charge in [0.15, 0.2) is 5.60 Å². The van der Waals surface area contributed by atoms with Crippen molar-refractivity contribution in [2.24, 2.45) is 16.5 Å². The van der Waals surface area contributed by atoms with Crippen LogP contribution >= 0.6 is 11.6 Å². The summed E-state index contributed by atoms with van der Waals surface area (Å²) >= 11 is 6.31. The summed E-state index contributed by atoms with van der Waals surface area (Å²) in [6.45, 7) is 7.67. The Morgan fingerprint density at radius 1 is 0.983 bits per heavy atom. The number of oxime groups is 1. The zero-order valence-electron chi connectivity index (χ0n) is 34.0. The van der Waals surface area contributed by atoms with Crippen molar-refractivity contribution < 1.29 is 29.1 Å². The highest BCUT2D eigenvalue weighted by Gasteiger charge is 2.55. The first-order valence-electron chi connectivity index (χ1n) is 20.6. The predicted octanol–water partition coefficient (Wildman–Crippen LogP) is 6.25. The Hall–Kier alpha value is -4.65. The molecule has 2 fully saturated rings. The number of aromatic nitrogens is 1. The van der Waals surface area contributed by atoms with Crippen molar-refractivity contribution >= 4 is 40.8 Å². The van der Waals surface area contributed by atoms with Crippen molar-refractivity contribution in [3.05, 3.63) is 101 Å². The molecule has 2 unspecified atom stereocenters. The lowest BCUT2D eigenvalue weighted by Gasteiger charge is -2.37. The fourth-order valence-corrected chi connectivity index (χ4v) is 8.71. The maximum atomic E-state index is 14.8. The van der Waals surface area contributed by atoms with Crippen LogP contribution in [0.25, 0.3) is 0 Å². The van der Waals surface area contributed by atoms with E-state index in [2.05, 4.69) is 26.1 Å². The summed E-state index contributed by atoms with van der Waals surface area (Å²) in [6, 6.07) is 18.1. The van der Waals surface area contributed by atoms with Gasteiger partial charge < -0.3 is 25.5 Å². The van der Waals surface area contributed by atoms with E-state index in [1.165, 1.54) is 11.3 Å². The van der Waals surface area contributed by atoms with Gasteiger partial charge in [0, 0.05) is 29.6 Å². The van der Waals surface area contributed by atoms with Crippen molar-refractivity contribution in [2.45, 2.75) is 128 Å². The number of pyridine rings is 1. The molecule has 6 atom stereocenters. The van der Waals surface area contributed by atoms with Gasteiger partial charge in [-0.05, 0) is 54.0 Å². The highest BCUT2D eigenvalue weighted by molar-refractivity contribution is 6.38. The Morgan fingerprint density at radius 2 is 1.72 bits per heavy atom. The van der Waals surface area contributed by atoms with Crippen LogP contribution in [0.1, 0.15) is 115 Å². The Kier molecular flexibility index (Phi) is 14.0. The zero-order chi connectivity index (χ0) is 41.5. The number of aliphatic hydroxyl groups excluding tert-OH is 1. The molecule has 13 heteroatoms. The van der Waals surface area contributed by atoms with Crippen molar-refractivity contribution in [2.75, 3.05) is 6.54 Å². The number of nitrogens with one attached hydrogen (secondary N) is 3. The second-order valence-corrected chi connectivity index (χ2v) is 17.6. The normalized spacial score (nSPS) is 21.7. The van der Waals surface area contributed by atoms with Gasteiger partial charge in [-0.2, -0.15) is 0 Å². The third-order valence-electron chi connectivity index (χ3n) is 11.6. The molecule has 4 N–H and O–H groups in total. The third-order valence-corrected chi connectivity index (χ3v) is 11.8. The molecule has 2 aromatic carbocycles. The molecule has 12 nitrogen and oxygen atoms in total. The fraction of sp³-hybridized carbons (Fsp3) is 0.511. The molecule has 0 radical (unpaired) electrons. The summed E-state index contributed by atoms with van der Waals surface area (Å²) in [5.74, 6) is -2.25. The molecule has 3 heterocycles. The molecule has 1 aliphatic carbocycles. The van der Waals surface area contributed by atoms with Crippen LogP contribution in [-0.4, -0.2) is 80.7 Å². The fourth-order valence-electron chi connectivity index (χ4n) is 8.51. The smallest absolute Gasteiger partial charge is 0.290 e. The lowest BCUT2D eigenvalue weighted by Crippen LogP contribution is -2.59. The topological polar surface area (TPSA) is 162 Å². The number of hydrogen-bond acceptors (Lipinski definition) is 9. The van der Waals surface area contributed by atoms with Crippen molar-refractivity contribution in [3.8, 4) is 0 Å². The molecule has 1 spiro atoms. The number of hydrogen-bond donors (Lipinski definition) is 4. The van der Waals surface area contributed by atoms with E-state index < -0.39 is 59.0 Å². The lowest BCUT2D eigenvalue weighted by atomic mass is 9.84. The molecule has 310 valence electrons. The van der Waals surface area contributed by atoms with E-state index in [0.717, 1.165) is 36.8 Å². The summed E-state index contributed by atoms with van der Waals surface area (Å²) < 4.78 is 0. The summed E-state index contributed by atoms with van der Waals surface area (Å²) in [5.41, 5.74) is 1.02. The lowest BCUT2D eigenvalue weighted by molar-refractivity contribution is -0.145. The molecular weight excluding hydrogens is 756 g/mol. The number of benzene rings is 2. The van der Waals surface area contributed by atoms with Crippen LogP contribution in [0.2, 0.25) is 5.02 Å². The average Bonchev–Trinajstić information content (AvgIpc) is 3.82. The van der Waals surface area contributed by atoms with Crippen LogP contribution in [0.5, 0.6) is 0 Å². The number of aliphatic hydroxyl groups is 1. The Morgan fingerprint density at radius 3 is 2.40 bits per heavy atom. The van der Waals surface area contributed by atoms with E-state index in [9.17, 15) is 24.3 Å². The predicted molar refractivity (Wildman–Crippen MR) is 223 cm³/mol. The molecule has 3 aliphatic rings. The Bertz CT molecular complexity index is 1890. The van der Waals surface area contributed by atoms with Gasteiger partial charge in [0.2, 0.25) is 17.6 Å². The van der Waals surface area contributed by atoms with Gasteiger partial charge in [0.25, 0.3) is 5.91 Å². The number of rotatable bonds is 15. The molecule has 3 aromatic rings. The Labute approximate surface area is 346 Å². The molecule has 2 aliphatic heterocycles. The van der Waals surface area contributed by atoms with Gasteiger partial charge >= 0.3 is 0 Å². The van der Waals surface area contributed by atoms with E-state index in [4.69, 9.17) is 16.4 Å². The molecule has 6 rings (SSSR count). The van der Waals surface area contributed by atoms with Crippen LogP contribution in [0.3, 0.4) is 0 Å². The minimum Gasteiger partial charge on any atom is -0.387 e. The SMILES string of the molecule is CCC[C@H](NC(=O)[C@@H]1C[C@]2(CC(c3cccc(Cl)c3)=NO2)CN1C(=O)[C@@H](NC(O)CC1CCCCC1)C(C)(C)C)C(=O)C(=O)NC(c1ccccc1)c1ccccn1. The van der Waals surface area contributed by atoms with Crippen LogP contribution in [0, 0.1) is 11.3 Å². The van der Waals surface area contributed by atoms with E-state index in [0.29, 0.717) is 41.6 Å². The summed E-state index contributed by atoms with van der Waals surface area (Å²) in [7, 11) is 0. The van der Waals surface area contributed by atoms with Crippen LogP contribution in [0.4, 0.5) is 0 Å². The van der Waals surface area contributed by atoms with Gasteiger partial charge in [-0.15, -0.1) is 0 Å². The number of nitrogens with zero attached hydrogens (tertiary/aromatic N) is 3. The third kappa shape index (κ3) is 10.5. The average molecular weight is 813 g/mol. The van der Waals surface area contributed by atoms with Crippen LogP contribution in [0.15, 0.2) is 84.1 Å². The molecule has 1 aromatic heterocycles. The summed E-state index contributed by atoms with van der Waals surface area (Å²) in [6.07, 6.45) is 7.87. The molecule has 3 amide bonds. The van der Waals surface area contributed by atoms with Crippen molar-refractivity contribution in [1.29, 1.82) is 0 Å². The molecule has 58 heavy (non-hydrogen) atoms. The van der Waals surface area contributed by atoms with E-state index in [1.807, 2.05) is 76.2 Å².